The van der Waals surface area contributed by atoms with Crippen LogP contribution in [0, 0.1) is 5.92 Å². The molecule has 0 saturated heterocycles. The van der Waals surface area contributed by atoms with Crippen LogP contribution in [0.15, 0.2) is 10.7 Å². The lowest BCUT2D eigenvalue weighted by Gasteiger charge is -2.22. The standard InChI is InChI=1S/C10H17BrN2O2/c1-4-13-8(7(11)5-12-13)10(15)9(14)6(2)3/h5-6,9-10,14-15H,4H2,1-3H3. The third-order valence-corrected chi connectivity index (χ3v) is 3.03. The van der Waals surface area contributed by atoms with E-state index in [2.05, 4.69) is 21.0 Å². The van der Waals surface area contributed by atoms with Gasteiger partial charge in [0.25, 0.3) is 0 Å². The van der Waals surface area contributed by atoms with Gasteiger partial charge < -0.3 is 10.2 Å². The van der Waals surface area contributed by atoms with Crippen molar-refractivity contribution in [2.75, 3.05) is 0 Å². The van der Waals surface area contributed by atoms with Crippen LogP contribution < -0.4 is 0 Å². The van der Waals surface area contributed by atoms with E-state index in [4.69, 9.17) is 0 Å². The van der Waals surface area contributed by atoms with Crippen molar-refractivity contribution in [2.45, 2.75) is 39.5 Å². The van der Waals surface area contributed by atoms with Crippen molar-refractivity contribution < 1.29 is 10.2 Å². The minimum absolute atomic E-state index is 0.00658. The van der Waals surface area contributed by atoms with Crippen molar-refractivity contribution in [3.8, 4) is 0 Å². The maximum absolute atomic E-state index is 10.0. The first-order chi connectivity index (χ1) is 6.99. The van der Waals surface area contributed by atoms with E-state index in [0.717, 1.165) is 4.47 Å². The predicted octanol–water partition coefficient (Wildman–Crippen LogP) is 1.72. The van der Waals surface area contributed by atoms with E-state index < -0.39 is 12.2 Å². The molecule has 15 heavy (non-hydrogen) atoms. The number of hydrogen-bond acceptors (Lipinski definition) is 3. The molecule has 0 amide bonds. The Morgan fingerprint density at radius 3 is 2.53 bits per heavy atom. The summed E-state index contributed by atoms with van der Waals surface area (Å²) in [5, 5.41) is 23.9. The summed E-state index contributed by atoms with van der Waals surface area (Å²) < 4.78 is 2.41. The molecule has 1 heterocycles. The van der Waals surface area contributed by atoms with Crippen LogP contribution in [-0.2, 0) is 6.54 Å². The molecular formula is C10H17BrN2O2. The quantitative estimate of drug-likeness (QED) is 0.881. The summed E-state index contributed by atoms with van der Waals surface area (Å²) in [6.07, 6.45) is -0.0418. The maximum atomic E-state index is 10.0. The SMILES string of the molecule is CCn1ncc(Br)c1C(O)C(O)C(C)C. The number of aryl methyl sites for hydroxylation is 1. The number of rotatable bonds is 4. The topological polar surface area (TPSA) is 58.3 Å². The normalized spacial score (nSPS) is 15.7. The monoisotopic (exact) mass is 276 g/mol. The molecule has 2 N–H and O–H groups in total. The molecule has 0 aliphatic rings. The van der Waals surface area contributed by atoms with Crippen LogP contribution in [0.3, 0.4) is 0 Å². The van der Waals surface area contributed by atoms with Gasteiger partial charge in [-0.1, -0.05) is 13.8 Å². The van der Waals surface area contributed by atoms with Crippen molar-refractivity contribution in [3.63, 3.8) is 0 Å². The number of hydrogen-bond donors (Lipinski definition) is 2. The highest BCUT2D eigenvalue weighted by atomic mass is 79.9. The first-order valence-corrected chi connectivity index (χ1v) is 5.85. The molecule has 0 radical (unpaired) electrons. The van der Waals surface area contributed by atoms with Crippen LogP contribution in [0.5, 0.6) is 0 Å². The van der Waals surface area contributed by atoms with Gasteiger partial charge in [0.1, 0.15) is 6.10 Å². The van der Waals surface area contributed by atoms with Crippen LogP contribution in [0.25, 0.3) is 0 Å². The van der Waals surface area contributed by atoms with E-state index in [1.54, 1.807) is 10.9 Å². The largest absolute Gasteiger partial charge is 0.390 e. The lowest BCUT2D eigenvalue weighted by Crippen LogP contribution is -2.26. The van der Waals surface area contributed by atoms with Crippen molar-refractivity contribution in [3.05, 3.63) is 16.4 Å². The summed E-state index contributed by atoms with van der Waals surface area (Å²) in [6, 6.07) is 0. The fourth-order valence-electron chi connectivity index (χ4n) is 1.44. The highest BCUT2D eigenvalue weighted by Crippen LogP contribution is 2.28. The minimum Gasteiger partial charge on any atom is -0.390 e. The zero-order valence-corrected chi connectivity index (χ0v) is 10.8. The van der Waals surface area contributed by atoms with Crippen molar-refractivity contribution in [1.82, 2.24) is 9.78 Å². The smallest absolute Gasteiger partial charge is 0.123 e. The molecular weight excluding hydrogens is 260 g/mol. The zero-order valence-electron chi connectivity index (χ0n) is 9.18. The summed E-state index contributed by atoms with van der Waals surface area (Å²) >= 11 is 3.32. The molecule has 86 valence electrons. The third kappa shape index (κ3) is 2.59. The fourth-order valence-corrected chi connectivity index (χ4v) is 1.98. The molecule has 2 atom stereocenters. The van der Waals surface area contributed by atoms with Gasteiger partial charge in [-0.05, 0) is 28.8 Å². The van der Waals surface area contributed by atoms with E-state index >= 15 is 0 Å². The van der Waals surface area contributed by atoms with Crippen LogP contribution in [0.2, 0.25) is 0 Å². The molecule has 0 spiro atoms. The number of aliphatic hydroxyl groups is 2. The lowest BCUT2D eigenvalue weighted by molar-refractivity contribution is -0.0143. The average molecular weight is 277 g/mol. The van der Waals surface area contributed by atoms with E-state index in [9.17, 15) is 10.2 Å². The average Bonchev–Trinajstić information content (AvgIpc) is 2.57. The Bertz CT molecular complexity index is 325. The van der Waals surface area contributed by atoms with E-state index in [1.807, 2.05) is 20.8 Å². The lowest BCUT2D eigenvalue weighted by atomic mass is 10.00. The van der Waals surface area contributed by atoms with Crippen molar-refractivity contribution in [1.29, 1.82) is 0 Å². The molecule has 2 unspecified atom stereocenters. The molecule has 1 rings (SSSR count). The number of aromatic nitrogens is 2. The van der Waals surface area contributed by atoms with Gasteiger partial charge in [-0.3, -0.25) is 4.68 Å². The highest BCUT2D eigenvalue weighted by Gasteiger charge is 2.26. The second-order valence-electron chi connectivity index (χ2n) is 3.87. The summed E-state index contributed by atoms with van der Waals surface area (Å²) in [5.74, 6) is 0.00658. The first-order valence-electron chi connectivity index (χ1n) is 5.06. The zero-order chi connectivity index (χ0) is 11.6. The predicted molar refractivity (Wildman–Crippen MR) is 61.4 cm³/mol. The Labute approximate surface area is 98.0 Å². The molecule has 1 aromatic rings. The van der Waals surface area contributed by atoms with Gasteiger partial charge >= 0.3 is 0 Å². The summed E-state index contributed by atoms with van der Waals surface area (Å²) in [6.45, 7) is 6.35. The maximum Gasteiger partial charge on any atom is 0.123 e. The molecule has 0 bridgehead atoms. The number of aliphatic hydroxyl groups excluding tert-OH is 2. The molecule has 0 aromatic carbocycles. The molecule has 0 fully saturated rings. The van der Waals surface area contributed by atoms with Gasteiger partial charge in [-0.15, -0.1) is 0 Å². The molecule has 4 nitrogen and oxygen atoms in total. The molecule has 5 heteroatoms. The van der Waals surface area contributed by atoms with E-state index in [1.165, 1.54) is 0 Å². The molecule has 0 saturated carbocycles. The molecule has 1 aromatic heterocycles. The second kappa shape index (κ2) is 5.09. The van der Waals surface area contributed by atoms with Crippen LogP contribution >= 0.6 is 15.9 Å². The van der Waals surface area contributed by atoms with E-state index in [-0.39, 0.29) is 5.92 Å². The summed E-state index contributed by atoms with van der Waals surface area (Å²) in [5.41, 5.74) is 0.638. The van der Waals surface area contributed by atoms with Gasteiger partial charge in [-0.2, -0.15) is 5.10 Å². The van der Waals surface area contributed by atoms with Gasteiger partial charge in [0.05, 0.1) is 22.5 Å². The Morgan fingerprint density at radius 1 is 1.47 bits per heavy atom. The number of nitrogens with zero attached hydrogens (tertiary/aromatic N) is 2. The van der Waals surface area contributed by atoms with Gasteiger partial charge in [0, 0.05) is 6.54 Å². The Balaban J connectivity index is 2.98. The van der Waals surface area contributed by atoms with Crippen LogP contribution in [0.4, 0.5) is 0 Å². The van der Waals surface area contributed by atoms with Gasteiger partial charge in [-0.25, -0.2) is 0 Å². The molecule has 0 aliphatic carbocycles. The Hall–Kier alpha value is -0.390. The van der Waals surface area contributed by atoms with Crippen LogP contribution in [0.1, 0.15) is 32.6 Å². The van der Waals surface area contributed by atoms with Crippen molar-refractivity contribution in [2.24, 2.45) is 5.92 Å². The second-order valence-corrected chi connectivity index (χ2v) is 4.73. The Morgan fingerprint density at radius 2 is 2.07 bits per heavy atom. The van der Waals surface area contributed by atoms with E-state index in [0.29, 0.717) is 12.2 Å². The van der Waals surface area contributed by atoms with Crippen LogP contribution in [-0.4, -0.2) is 26.1 Å². The third-order valence-electron chi connectivity index (χ3n) is 2.42. The fraction of sp³-hybridized carbons (Fsp3) is 0.700. The molecule has 0 aliphatic heterocycles. The van der Waals surface area contributed by atoms with Gasteiger partial charge in [0.15, 0.2) is 0 Å². The minimum atomic E-state index is -0.901. The Kier molecular flexibility index (Phi) is 4.31. The summed E-state index contributed by atoms with van der Waals surface area (Å²) in [7, 11) is 0. The van der Waals surface area contributed by atoms with Gasteiger partial charge in [0.2, 0.25) is 0 Å². The highest BCUT2D eigenvalue weighted by molar-refractivity contribution is 9.10. The first kappa shape index (κ1) is 12.7. The summed E-state index contributed by atoms with van der Waals surface area (Å²) in [4.78, 5) is 0. The number of halogens is 1. The van der Waals surface area contributed by atoms with Crippen molar-refractivity contribution >= 4 is 15.9 Å².